The number of rotatable bonds is 4. The number of aromatic nitrogens is 1. The predicted octanol–water partition coefficient (Wildman–Crippen LogP) is 2.00. The number of hydrogen-bond acceptors (Lipinski definition) is 4. The summed E-state index contributed by atoms with van der Waals surface area (Å²) < 4.78 is 11.3. The van der Waals surface area contributed by atoms with Gasteiger partial charge in [-0.3, -0.25) is 9.19 Å². The van der Waals surface area contributed by atoms with E-state index < -0.39 is 10.8 Å². The number of anilines is 2. The minimum Gasteiger partial charge on any atom is -0.398 e. The van der Waals surface area contributed by atoms with E-state index in [1.807, 2.05) is 25.1 Å². The molecule has 0 radical (unpaired) electrons. The van der Waals surface area contributed by atoms with Gasteiger partial charge in [-0.1, -0.05) is 0 Å². The average molecular weight is 263 g/mol. The highest BCUT2D eigenvalue weighted by molar-refractivity contribution is 7.84. The lowest BCUT2D eigenvalue weighted by molar-refractivity contribution is 0.679. The Labute approximate surface area is 109 Å². The maximum absolute atomic E-state index is 11.3. The van der Waals surface area contributed by atoms with Crippen LogP contribution in [0.4, 0.5) is 11.4 Å². The molecule has 2 aromatic rings. The minimum atomic E-state index is -0.825. The maximum Gasteiger partial charge on any atom is 0.0489 e. The van der Waals surface area contributed by atoms with E-state index in [0.29, 0.717) is 6.54 Å². The fourth-order valence-corrected chi connectivity index (χ4v) is 2.06. The summed E-state index contributed by atoms with van der Waals surface area (Å²) in [5.41, 5.74) is 7.64. The zero-order chi connectivity index (χ0) is 13.1. The van der Waals surface area contributed by atoms with Gasteiger partial charge < -0.3 is 11.1 Å². The Morgan fingerprint density at radius 2 is 2.17 bits per heavy atom. The first-order valence-electron chi connectivity index (χ1n) is 5.78. The first-order valence-corrected chi connectivity index (χ1v) is 7.40. The van der Waals surface area contributed by atoms with Crippen molar-refractivity contribution in [3.8, 4) is 0 Å². The second-order valence-electron chi connectivity index (χ2n) is 4.31. The molecule has 0 fully saturated rings. The molecule has 1 aromatic carbocycles. The lowest BCUT2D eigenvalue weighted by atomic mass is 10.1. The molecule has 0 spiro atoms. The van der Waals surface area contributed by atoms with Gasteiger partial charge in [-0.15, -0.1) is 0 Å². The van der Waals surface area contributed by atoms with Crippen LogP contribution in [0.1, 0.15) is 6.92 Å². The van der Waals surface area contributed by atoms with Crippen molar-refractivity contribution in [2.75, 3.05) is 23.9 Å². The summed E-state index contributed by atoms with van der Waals surface area (Å²) in [5, 5.41) is 5.39. The summed E-state index contributed by atoms with van der Waals surface area (Å²) in [6.45, 7) is 2.62. The number of hydrogen-bond donors (Lipinski definition) is 2. The van der Waals surface area contributed by atoms with E-state index in [1.165, 1.54) is 0 Å². The molecule has 2 atom stereocenters. The Bertz CT molecular complexity index is 585. The number of pyridine rings is 1. The molecule has 4 nitrogen and oxygen atoms in total. The van der Waals surface area contributed by atoms with Crippen molar-refractivity contribution >= 4 is 32.9 Å². The van der Waals surface area contributed by atoms with Crippen LogP contribution in [0.15, 0.2) is 30.6 Å². The average Bonchev–Trinajstić information content (AvgIpc) is 2.38. The highest BCUT2D eigenvalue weighted by atomic mass is 32.2. The Balaban J connectivity index is 2.29. The van der Waals surface area contributed by atoms with E-state index in [2.05, 4.69) is 10.3 Å². The van der Waals surface area contributed by atoms with Crippen LogP contribution in [0, 0.1) is 0 Å². The summed E-state index contributed by atoms with van der Waals surface area (Å²) in [5.74, 6) is 0. The van der Waals surface area contributed by atoms with Gasteiger partial charge in [0.1, 0.15) is 0 Å². The fraction of sp³-hybridized carbons (Fsp3) is 0.308. The molecule has 1 aromatic heterocycles. The maximum atomic E-state index is 11.3. The van der Waals surface area contributed by atoms with Crippen LogP contribution < -0.4 is 11.1 Å². The van der Waals surface area contributed by atoms with E-state index in [0.717, 1.165) is 22.1 Å². The molecule has 2 unspecified atom stereocenters. The van der Waals surface area contributed by atoms with Crippen molar-refractivity contribution in [2.24, 2.45) is 0 Å². The van der Waals surface area contributed by atoms with Gasteiger partial charge in [0.05, 0.1) is 0 Å². The number of fused-ring (bicyclic) bond motifs is 1. The molecule has 96 valence electrons. The Morgan fingerprint density at radius 3 is 2.89 bits per heavy atom. The van der Waals surface area contributed by atoms with Crippen LogP contribution in [0.3, 0.4) is 0 Å². The van der Waals surface area contributed by atoms with E-state index >= 15 is 0 Å². The Kier molecular flexibility index (Phi) is 3.81. The van der Waals surface area contributed by atoms with Crippen molar-refractivity contribution in [1.82, 2.24) is 4.98 Å². The van der Waals surface area contributed by atoms with Crippen LogP contribution >= 0.6 is 0 Å². The third-order valence-electron chi connectivity index (χ3n) is 3.00. The topological polar surface area (TPSA) is 68.0 Å². The van der Waals surface area contributed by atoms with Crippen LogP contribution in [0.2, 0.25) is 0 Å². The summed E-state index contributed by atoms with van der Waals surface area (Å²) in [6, 6.07) is 5.71. The number of nitrogen functional groups attached to an aromatic ring is 1. The predicted molar refractivity (Wildman–Crippen MR) is 78.2 cm³/mol. The first kappa shape index (κ1) is 12.8. The second-order valence-corrected chi connectivity index (χ2v) is 6.12. The van der Waals surface area contributed by atoms with Gasteiger partial charge in [-0.05, 0) is 25.1 Å². The molecule has 0 aliphatic carbocycles. The zero-order valence-corrected chi connectivity index (χ0v) is 11.3. The molecule has 5 heteroatoms. The van der Waals surface area contributed by atoms with E-state index in [9.17, 15) is 4.21 Å². The summed E-state index contributed by atoms with van der Waals surface area (Å²) in [7, 11) is -0.825. The van der Waals surface area contributed by atoms with Crippen molar-refractivity contribution in [2.45, 2.75) is 12.2 Å². The summed E-state index contributed by atoms with van der Waals surface area (Å²) >= 11 is 0. The van der Waals surface area contributed by atoms with Crippen molar-refractivity contribution < 1.29 is 4.21 Å². The quantitative estimate of drug-likeness (QED) is 0.828. The third-order valence-corrected chi connectivity index (χ3v) is 4.30. The van der Waals surface area contributed by atoms with Crippen LogP contribution in [-0.2, 0) is 10.8 Å². The molecule has 0 saturated heterocycles. The number of nitrogens with two attached hydrogens (primary N) is 1. The van der Waals surface area contributed by atoms with Gasteiger partial charge >= 0.3 is 0 Å². The van der Waals surface area contributed by atoms with Gasteiger partial charge in [0.15, 0.2) is 0 Å². The number of nitrogens with one attached hydrogen (secondary N) is 1. The Morgan fingerprint density at radius 1 is 1.39 bits per heavy atom. The van der Waals surface area contributed by atoms with Gasteiger partial charge in [0.2, 0.25) is 0 Å². The standard InChI is InChI=1S/C13H17N3OS/c1-9(18(2)17)7-16-13-4-3-12(14)10-5-6-15-8-11(10)13/h3-6,8-9,16H,7,14H2,1-2H3. The van der Waals surface area contributed by atoms with Crippen molar-refractivity contribution in [1.29, 1.82) is 0 Å². The Hall–Kier alpha value is -1.62. The SMILES string of the molecule is CC(CNc1ccc(N)c2ccncc12)S(C)=O. The van der Waals surface area contributed by atoms with Gasteiger partial charge in [-0.2, -0.15) is 0 Å². The highest BCUT2D eigenvalue weighted by Crippen LogP contribution is 2.27. The largest absolute Gasteiger partial charge is 0.398 e. The molecule has 0 aliphatic rings. The molecule has 2 rings (SSSR count). The zero-order valence-electron chi connectivity index (χ0n) is 10.5. The van der Waals surface area contributed by atoms with E-state index in [4.69, 9.17) is 5.73 Å². The minimum absolute atomic E-state index is 0.106. The molecule has 0 amide bonds. The molecule has 0 aliphatic heterocycles. The smallest absolute Gasteiger partial charge is 0.0489 e. The molecule has 0 saturated carbocycles. The molecule has 3 N–H and O–H groups in total. The molecule has 0 bridgehead atoms. The number of nitrogens with zero attached hydrogens (tertiary/aromatic N) is 1. The van der Waals surface area contributed by atoms with Gasteiger partial charge in [0.25, 0.3) is 0 Å². The van der Waals surface area contributed by atoms with E-state index in [1.54, 1.807) is 18.6 Å². The first-order chi connectivity index (χ1) is 8.59. The van der Waals surface area contributed by atoms with Crippen molar-refractivity contribution in [3.05, 3.63) is 30.6 Å². The van der Waals surface area contributed by atoms with E-state index in [-0.39, 0.29) is 5.25 Å². The highest BCUT2D eigenvalue weighted by Gasteiger charge is 2.08. The lowest BCUT2D eigenvalue weighted by Crippen LogP contribution is -2.20. The second kappa shape index (κ2) is 5.35. The van der Waals surface area contributed by atoms with Crippen LogP contribution in [0.5, 0.6) is 0 Å². The molecule has 1 heterocycles. The normalized spacial score (nSPS) is 14.3. The molecule has 18 heavy (non-hydrogen) atoms. The summed E-state index contributed by atoms with van der Waals surface area (Å²) in [6.07, 6.45) is 5.24. The monoisotopic (exact) mass is 263 g/mol. The van der Waals surface area contributed by atoms with Crippen LogP contribution in [-0.4, -0.2) is 27.2 Å². The third kappa shape index (κ3) is 2.61. The lowest BCUT2D eigenvalue weighted by Gasteiger charge is -2.13. The van der Waals surface area contributed by atoms with Crippen LogP contribution in [0.25, 0.3) is 10.8 Å². The van der Waals surface area contributed by atoms with Gasteiger partial charge in [0, 0.05) is 63.4 Å². The van der Waals surface area contributed by atoms with Gasteiger partial charge in [-0.25, -0.2) is 0 Å². The molecular formula is C13H17N3OS. The summed E-state index contributed by atoms with van der Waals surface area (Å²) in [4.78, 5) is 4.12. The van der Waals surface area contributed by atoms with Crippen molar-refractivity contribution in [3.63, 3.8) is 0 Å². The molecular weight excluding hydrogens is 246 g/mol. The fourth-order valence-electron chi connectivity index (χ4n) is 1.74. The number of benzene rings is 1.